The Bertz CT molecular complexity index is 713. The van der Waals surface area contributed by atoms with E-state index in [0.717, 1.165) is 10.0 Å². The lowest BCUT2D eigenvalue weighted by Crippen LogP contribution is -1.89. The maximum Gasteiger partial charge on any atom is 0.258 e. The molecule has 0 aliphatic carbocycles. The second-order valence-electron chi connectivity index (χ2n) is 3.73. The lowest BCUT2D eigenvalue weighted by Gasteiger charge is -1.98. The first-order chi connectivity index (χ1) is 9.24. The Hall–Kier alpha value is -2.28. The van der Waals surface area contributed by atoms with E-state index in [9.17, 15) is 0 Å². The molecule has 0 saturated carbocycles. The van der Waals surface area contributed by atoms with E-state index in [4.69, 9.17) is 10.3 Å². The van der Waals surface area contributed by atoms with E-state index in [2.05, 4.69) is 36.0 Å². The summed E-state index contributed by atoms with van der Waals surface area (Å²) in [5.41, 5.74) is 7.15. The van der Waals surface area contributed by atoms with Crippen LogP contribution in [0.5, 0.6) is 0 Å². The van der Waals surface area contributed by atoms with Crippen molar-refractivity contribution in [2.24, 2.45) is 0 Å². The van der Waals surface area contributed by atoms with Crippen LogP contribution in [-0.2, 0) is 0 Å². The fourth-order valence-corrected chi connectivity index (χ4v) is 1.89. The van der Waals surface area contributed by atoms with E-state index in [0.29, 0.717) is 23.2 Å². The molecular weight excluding hydrogens is 310 g/mol. The number of nitrogens with zero attached hydrogens (tertiary/aromatic N) is 4. The largest absolute Gasteiger partial charge is 0.398 e. The Morgan fingerprint density at radius 1 is 1.11 bits per heavy atom. The van der Waals surface area contributed by atoms with Crippen LogP contribution in [0.25, 0.3) is 23.1 Å². The van der Waals surface area contributed by atoms with Crippen LogP contribution in [0, 0.1) is 0 Å². The highest BCUT2D eigenvalue weighted by Crippen LogP contribution is 2.27. The predicted molar refractivity (Wildman–Crippen MR) is 72.9 cm³/mol. The summed E-state index contributed by atoms with van der Waals surface area (Å²) in [5, 5.41) is 3.86. The number of hydrogen-bond donors (Lipinski definition) is 1. The molecule has 3 rings (SSSR count). The first kappa shape index (κ1) is 11.8. The molecule has 0 spiro atoms. The van der Waals surface area contributed by atoms with Crippen molar-refractivity contribution in [1.29, 1.82) is 0 Å². The second kappa shape index (κ2) is 4.77. The fourth-order valence-electron chi connectivity index (χ4n) is 1.51. The highest BCUT2D eigenvalue weighted by molar-refractivity contribution is 9.10. The lowest BCUT2D eigenvalue weighted by molar-refractivity contribution is 0.432. The maximum atomic E-state index is 5.73. The van der Waals surface area contributed by atoms with Crippen molar-refractivity contribution in [3.63, 3.8) is 0 Å². The van der Waals surface area contributed by atoms with Crippen LogP contribution in [0.3, 0.4) is 0 Å². The molecule has 2 N–H and O–H groups in total. The summed E-state index contributed by atoms with van der Waals surface area (Å²) < 4.78 is 5.98. The Morgan fingerprint density at radius 3 is 2.63 bits per heavy atom. The lowest BCUT2D eigenvalue weighted by atomic mass is 10.2. The molecule has 0 aliphatic heterocycles. The summed E-state index contributed by atoms with van der Waals surface area (Å²) in [6, 6.07) is 7.12. The molecule has 0 bridgehead atoms. The maximum absolute atomic E-state index is 5.73. The number of hydrogen-bond acceptors (Lipinski definition) is 6. The van der Waals surface area contributed by atoms with Crippen molar-refractivity contribution >= 4 is 21.6 Å². The van der Waals surface area contributed by atoms with Gasteiger partial charge in [0.2, 0.25) is 11.6 Å². The summed E-state index contributed by atoms with van der Waals surface area (Å²) in [6.45, 7) is 0. The van der Waals surface area contributed by atoms with Gasteiger partial charge in [0.15, 0.2) is 0 Å². The van der Waals surface area contributed by atoms with Crippen LogP contribution in [0.1, 0.15) is 0 Å². The van der Waals surface area contributed by atoms with Gasteiger partial charge >= 0.3 is 0 Å². The molecule has 0 aliphatic rings. The molecule has 1 aromatic carbocycles. The molecule has 2 aromatic heterocycles. The molecule has 3 aromatic rings. The first-order valence-electron chi connectivity index (χ1n) is 5.40. The van der Waals surface area contributed by atoms with Gasteiger partial charge in [0, 0.05) is 28.1 Å². The van der Waals surface area contributed by atoms with Crippen LogP contribution in [0.4, 0.5) is 5.69 Å². The van der Waals surface area contributed by atoms with Gasteiger partial charge in [-0.3, -0.25) is 0 Å². The normalized spacial score (nSPS) is 10.6. The quantitative estimate of drug-likeness (QED) is 0.730. The summed E-state index contributed by atoms with van der Waals surface area (Å²) in [7, 11) is 0. The average molecular weight is 318 g/mol. The molecule has 0 amide bonds. The summed E-state index contributed by atoms with van der Waals surface area (Å²) in [6.07, 6.45) is 3.25. The smallest absolute Gasteiger partial charge is 0.258 e. The van der Waals surface area contributed by atoms with Crippen molar-refractivity contribution < 1.29 is 4.52 Å². The highest BCUT2D eigenvalue weighted by atomic mass is 79.9. The third-order valence-corrected chi connectivity index (χ3v) is 3.13. The Kier molecular flexibility index (Phi) is 2.96. The molecule has 0 unspecified atom stereocenters. The predicted octanol–water partition coefficient (Wildman–Crippen LogP) is 2.54. The van der Waals surface area contributed by atoms with Crippen LogP contribution in [0.15, 0.2) is 45.7 Å². The summed E-state index contributed by atoms with van der Waals surface area (Å²) >= 11 is 3.36. The Morgan fingerprint density at radius 2 is 1.89 bits per heavy atom. The third-order valence-electron chi connectivity index (χ3n) is 2.44. The summed E-state index contributed by atoms with van der Waals surface area (Å²) in [4.78, 5) is 12.4. The number of aromatic nitrogens is 4. The van der Waals surface area contributed by atoms with Crippen molar-refractivity contribution in [3.8, 4) is 23.1 Å². The minimum Gasteiger partial charge on any atom is -0.398 e. The minimum absolute atomic E-state index is 0.351. The molecule has 19 heavy (non-hydrogen) atoms. The number of nitrogen functional groups attached to an aromatic ring is 1. The monoisotopic (exact) mass is 317 g/mol. The van der Waals surface area contributed by atoms with E-state index >= 15 is 0 Å². The highest BCUT2D eigenvalue weighted by Gasteiger charge is 2.12. The standard InChI is InChI=1S/C12H8BrN5O/c13-8-6-7(2-3-9(8)14)12-17-11(18-19-12)10-15-4-1-5-16-10/h1-6H,14H2. The number of rotatable bonds is 2. The van der Waals surface area contributed by atoms with Gasteiger partial charge in [0.25, 0.3) is 5.89 Å². The van der Waals surface area contributed by atoms with E-state index in [-0.39, 0.29) is 0 Å². The van der Waals surface area contributed by atoms with Crippen LogP contribution < -0.4 is 5.73 Å². The molecule has 2 heterocycles. The summed E-state index contributed by atoms with van der Waals surface area (Å²) in [5.74, 6) is 1.17. The third kappa shape index (κ3) is 2.32. The fraction of sp³-hybridized carbons (Fsp3) is 0. The van der Waals surface area contributed by atoms with Gasteiger partial charge in [-0.15, -0.1) is 0 Å². The van der Waals surface area contributed by atoms with Crippen LogP contribution in [0.2, 0.25) is 0 Å². The second-order valence-corrected chi connectivity index (χ2v) is 4.59. The average Bonchev–Trinajstić information content (AvgIpc) is 2.93. The van der Waals surface area contributed by atoms with Gasteiger partial charge in [-0.25, -0.2) is 9.97 Å². The van der Waals surface area contributed by atoms with Crippen molar-refractivity contribution in [3.05, 3.63) is 41.1 Å². The van der Waals surface area contributed by atoms with Gasteiger partial charge in [0.05, 0.1) is 0 Å². The molecule has 94 valence electrons. The number of nitrogens with two attached hydrogens (primary N) is 1. The zero-order valence-corrected chi connectivity index (χ0v) is 11.2. The van der Waals surface area contributed by atoms with Gasteiger partial charge in [-0.1, -0.05) is 5.16 Å². The molecular formula is C12H8BrN5O. The molecule has 6 nitrogen and oxygen atoms in total. The topological polar surface area (TPSA) is 90.7 Å². The van der Waals surface area contributed by atoms with Crippen molar-refractivity contribution in [2.45, 2.75) is 0 Å². The van der Waals surface area contributed by atoms with Crippen LogP contribution in [-0.4, -0.2) is 20.1 Å². The molecule has 0 radical (unpaired) electrons. The van der Waals surface area contributed by atoms with E-state index in [1.54, 1.807) is 24.5 Å². The van der Waals surface area contributed by atoms with Gasteiger partial charge < -0.3 is 10.3 Å². The van der Waals surface area contributed by atoms with Gasteiger partial charge in [-0.2, -0.15) is 4.98 Å². The minimum atomic E-state index is 0.351. The van der Waals surface area contributed by atoms with E-state index in [1.165, 1.54) is 0 Å². The Balaban J connectivity index is 1.99. The molecule has 7 heteroatoms. The van der Waals surface area contributed by atoms with Crippen molar-refractivity contribution in [2.75, 3.05) is 5.73 Å². The zero-order chi connectivity index (χ0) is 13.2. The van der Waals surface area contributed by atoms with Crippen LogP contribution >= 0.6 is 15.9 Å². The molecule has 0 saturated heterocycles. The number of benzene rings is 1. The first-order valence-corrected chi connectivity index (χ1v) is 6.20. The molecule has 0 fully saturated rings. The molecule has 0 atom stereocenters. The Labute approximate surface area is 116 Å². The SMILES string of the molecule is Nc1ccc(-c2nc(-c3ncccn3)no2)cc1Br. The van der Waals surface area contributed by atoms with E-state index < -0.39 is 0 Å². The van der Waals surface area contributed by atoms with Gasteiger partial charge in [0.1, 0.15) is 0 Å². The van der Waals surface area contributed by atoms with Gasteiger partial charge in [-0.05, 0) is 40.2 Å². The zero-order valence-electron chi connectivity index (χ0n) is 9.62. The number of halogens is 1. The number of anilines is 1. The van der Waals surface area contributed by atoms with Crippen molar-refractivity contribution in [1.82, 2.24) is 20.1 Å². The van der Waals surface area contributed by atoms with E-state index in [1.807, 2.05) is 12.1 Å².